The van der Waals surface area contributed by atoms with Gasteiger partial charge in [0.2, 0.25) is 0 Å². The van der Waals surface area contributed by atoms with E-state index < -0.39 is 17.8 Å². The summed E-state index contributed by atoms with van der Waals surface area (Å²) in [6.07, 6.45) is 1.31. The molecule has 0 unspecified atom stereocenters. The Morgan fingerprint density at radius 1 is 1.28 bits per heavy atom. The molecule has 0 bridgehead atoms. The number of benzene rings is 2. The molecule has 8 heteroatoms. The maximum absolute atomic E-state index is 13.7. The molecule has 2 aromatic rings. The second-order valence-corrected chi connectivity index (χ2v) is 6.59. The number of phenolic OH excluding ortho intramolecular Hbond substituents is 1. The van der Waals surface area contributed by atoms with E-state index >= 15 is 0 Å². The van der Waals surface area contributed by atoms with Crippen LogP contribution in [0.3, 0.4) is 0 Å². The number of rotatable bonds is 3. The third-order valence-corrected chi connectivity index (χ3v) is 4.43. The summed E-state index contributed by atoms with van der Waals surface area (Å²) >= 11 is 9.08. The molecule has 1 fully saturated rings. The molecule has 3 amide bonds. The van der Waals surface area contributed by atoms with Crippen molar-refractivity contribution in [3.63, 3.8) is 0 Å². The van der Waals surface area contributed by atoms with E-state index in [2.05, 4.69) is 21.2 Å². The molecule has 2 aromatic carbocycles. The van der Waals surface area contributed by atoms with Gasteiger partial charge in [-0.15, -0.1) is 0 Å². The van der Waals surface area contributed by atoms with Gasteiger partial charge in [0.05, 0.1) is 11.0 Å². The number of carbonyl (C=O) groups is 2. The van der Waals surface area contributed by atoms with Crippen LogP contribution < -0.4 is 5.32 Å². The predicted octanol–water partition coefficient (Wildman–Crippen LogP) is 4.04. The van der Waals surface area contributed by atoms with Crippen LogP contribution in [0.15, 0.2) is 46.6 Å². The highest BCUT2D eigenvalue weighted by atomic mass is 79.9. The lowest BCUT2D eigenvalue weighted by atomic mass is 10.1. The molecule has 25 heavy (non-hydrogen) atoms. The van der Waals surface area contributed by atoms with Crippen LogP contribution >= 0.6 is 27.5 Å². The lowest BCUT2D eigenvalue weighted by Crippen LogP contribution is -2.30. The summed E-state index contributed by atoms with van der Waals surface area (Å²) in [7, 11) is 0. The number of hydrogen-bond acceptors (Lipinski definition) is 3. The van der Waals surface area contributed by atoms with Crippen LogP contribution in [0.5, 0.6) is 5.75 Å². The summed E-state index contributed by atoms with van der Waals surface area (Å²) in [6, 6.07) is 8.18. The van der Waals surface area contributed by atoms with Gasteiger partial charge in [0, 0.05) is 16.1 Å². The molecule has 1 aliphatic rings. The number of amides is 3. The van der Waals surface area contributed by atoms with Crippen molar-refractivity contribution in [2.45, 2.75) is 6.54 Å². The zero-order chi connectivity index (χ0) is 18.1. The van der Waals surface area contributed by atoms with Crippen LogP contribution in [-0.4, -0.2) is 21.9 Å². The number of aromatic hydroxyl groups is 1. The quantitative estimate of drug-likeness (QED) is 0.576. The molecule has 0 atom stereocenters. The minimum absolute atomic E-state index is 0.0363. The Morgan fingerprint density at radius 3 is 2.72 bits per heavy atom. The van der Waals surface area contributed by atoms with Crippen molar-refractivity contribution in [1.82, 2.24) is 10.2 Å². The predicted molar refractivity (Wildman–Crippen MR) is 94.3 cm³/mol. The van der Waals surface area contributed by atoms with Gasteiger partial charge in [-0.25, -0.2) is 9.18 Å². The third-order valence-electron chi connectivity index (χ3n) is 3.61. The van der Waals surface area contributed by atoms with Gasteiger partial charge in [-0.1, -0.05) is 29.8 Å². The Bertz CT molecular complexity index is 917. The highest BCUT2D eigenvalue weighted by Crippen LogP contribution is 2.33. The largest absolute Gasteiger partial charge is 0.506 e. The highest BCUT2D eigenvalue weighted by molar-refractivity contribution is 9.10. The van der Waals surface area contributed by atoms with Gasteiger partial charge in [-0.05, 0) is 40.2 Å². The Morgan fingerprint density at radius 2 is 2.00 bits per heavy atom. The SMILES string of the molecule is O=C1N/C(=C/c2cc(Cl)cc(Br)c2O)C(=O)N1Cc1ccccc1F. The fourth-order valence-electron chi connectivity index (χ4n) is 2.36. The van der Waals surface area contributed by atoms with Gasteiger partial charge in [0.25, 0.3) is 5.91 Å². The molecule has 3 rings (SSSR count). The van der Waals surface area contributed by atoms with E-state index in [4.69, 9.17) is 11.6 Å². The van der Waals surface area contributed by atoms with Gasteiger partial charge < -0.3 is 10.4 Å². The van der Waals surface area contributed by atoms with Gasteiger partial charge in [-0.2, -0.15) is 0 Å². The molecule has 0 spiro atoms. The lowest BCUT2D eigenvalue weighted by Gasteiger charge is -2.12. The van der Waals surface area contributed by atoms with Crippen LogP contribution in [0.1, 0.15) is 11.1 Å². The Kier molecular flexibility index (Phi) is 4.78. The number of carbonyl (C=O) groups excluding carboxylic acids is 2. The molecule has 1 heterocycles. The summed E-state index contributed by atoms with van der Waals surface area (Å²) in [6.45, 7) is -0.195. The zero-order valence-electron chi connectivity index (χ0n) is 12.6. The minimum atomic E-state index is -0.667. The first kappa shape index (κ1) is 17.4. The minimum Gasteiger partial charge on any atom is -0.506 e. The standard InChI is InChI=1S/C17H11BrClFN2O3/c18-12-7-11(19)5-10(15(12)23)6-14-16(24)22(17(25)21-14)8-9-3-1-2-4-13(9)20/h1-7,23H,8H2,(H,21,25)/b14-6+. The molecule has 2 N–H and O–H groups in total. The number of phenols is 1. The van der Waals surface area contributed by atoms with Crippen molar-refractivity contribution in [2.24, 2.45) is 0 Å². The molecule has 0 aliphatic carbocycles. The van der Waals surface area contributed by atoms with Crippen LogP contribution in [0, 0.1) is 5.82 Å². The molecule has 0 saturated carbocycles. The molecule has 128 valence electrons. The molecule has 5 nitrogen and oxygen atoms in total. The number of imide groups is 1. The summed E-state index contributed by atoms with van der Waals surface area (Å²) < 4.78 is 14.1. The summed E-state index contributed by atoms with van der Waals surface area (Å²) in [5.41, 5.74) is 0.446. The Hall–Kier alpha value is -2.38. The average molecular weight is 426 g/mol. The summed E-state index contributed by atoms with van der Waals surface area (Å²) in [5.74, 6) is -1.24. The van der Waals surface area contributed by atoms with E-state index in [0.717, 1.165) is 4.90 Å². The van der Waals surface area contributed by atoms with E-state index in [1.807, 2.05) is 0 Å². The topological polar surface area (TPSA) is 69.6 Å². The number of nitrogens with zero attached hydrogens (tertiary/aromatic N) is 1. The van der Waals surface area contributed by atoms with E-state index in [-0.39, 0.29) is 29.1 Å². The van der Waals surface area contributed by atoms with Crippen LogP contribution in [0.2, 0.25) is 5.02 Å². The number of hydrogen-bond donors (Lipinski definition) is 2. The molecular formula is C17H11BrClFN2O3. The number of halogens is 3. The second kappa shape index (κ2) is 6.85. The molecule has 1 saturated heterocycles. The van der Waals surface area contributed by atoms with Gasteiger partial charge >= 0.3 is 6.03 Å². The van der Waals surface area contributed by atoms with E-state index in [0.29, 0.717) is 9.50 Å². The first-order chi connectivity index (χ1) is 11.9. The maximum atomic E-state index is 13.7. The van der Waals surface area contributed by atoms with Crippen LogP contribution in [0.4, 0.5) is 9.18 Å². The number of nitrogens with one attached hydrogen (secondary N) is 1. The monoisotopic (exact) mass is 424 g/mol. The molecular weight excluding hydrogens is 415 g/mol. The summed E-state index contributed by atoms with van der Waals surface area (Å²) in [5, 5.41) is 12.8. The zero-order valence-corrected chi connectivity index (χ0v) is 14.9. The van der Waals surface area contributed by atoms with Crippen molar-refractivity contribution in [3.8, 4) is 5.75 Å². The Balaban J connectivity index is 1.90. The second-order valence-electron chi connectivity index (χ2n) is 5.30. The third kappa shape index (κ3) is 3.52. The van der Waals surface area contributed by atoms with Crippen molar-refractivity contribution in [2.75, 3.05) is 0 Å². The van der Waals surface area contributed by atoms with Crippen molar-refractivity contribution >= 4 is 45.5 Å². The fraction of sp³-hybridized carbons (Fsp3) is 0.0588. The summed E-state index contributed by atoms with van der Waals surface area (Å²) in [4.78, 5) is 25.4. The van der Waals surface area contributed by atoms with Gasteiger partial charge in [0.15, 0.2) is 0 Å². The van der Waals surface area contributed by atoms with E-state index in [1.54, 1.807) is 6.07 Å². The number of urea groups is 1. The first-order valence-corrected chi connectivity index (χ1v) is 8.30. The highest BCUT2D eigenvalue weighted by Gasteiger charge is 2.34. The molecule has 0 aromatic heterocycles. The molecule has 0 radical (unpaired) electrons. The van der Waals surface area contributed by atoms with Gasteiger partial charge in [-0.3, -0.25) is 9.69 Å². The van der Waals surface area contributed by atoms with Crippen molar-refractivity contribution in [3.05, 3.63) is 68.5 Å². The Labute approximate surface area is 155 Å². The van der Waals surface area contributed by atoms with Crippen molar-refractivity contribution in [1.29, 1.82) is 0 Å². The fourth-order valence-corrected chi connectivity index (χ4v) is 3.20. The average Bonchev–Trinajstić information content (AvgIpc) is 2.81. The smallest absolute Gasteiger partial charge is 0.329 e. The molecule has 1 aliphatic heterocycles. The van der Waals surface area contributed by atoms with Crippen LogP contribution in [-0.2, 0) is 11.3 Å². The first-order valence-electron chi connectivity index (χ1n) is 7.13. The lowest BCUT2D eigenvalue weighted by molar-refractivity contribution is -0.123. The van der Waals surface area contributed by atoms with E-state index in [9.17, 15) is 19.1 Å². The maximum Gasteiger partial charge on any atom is 0.329 e. The van der Waals surface area contributed by atoms with Gasteiger partial charge in [0.1, 0.15) is 17.3 Å². The van der Waals surface area contributed by atoms with Crippen molar-refractivity contribution < 1.29 is 19.1 Å². The van der Waals surface area contributed by atoms with Crippen LogP contribution in [0.25, 0.3) is 6.08 Å². The normalized spacial score (nSPS) is 15.8. The van der Waals surface area contributed by atoms with E-state index in [1.165, 1.54) is 36.4 Å².